The van der Waals surface area contributed by atoms with Gasteiger partial charge in [-0.3, -0.25) is 0 Å². The van der Waals surface area contributed by atoms with E-state index in [0.29, 0.717) is 5.92 Å². The molecule has 0 bridgehead atoms. The zero-order valence-corrected chi connectivity index (χ0v) is 13.5. The first-order valence-electron chi connectivity index (χ1n) is 8.18. The minimum Gasteiger partial charge on any atom is -0.198 e. The van der Waals surface area contributed by atoms with Crippen molar-refractivity contribution in [3.05, 3.63) is 59.7 Å². The molecule has 2 aromatic rings. The average molecular weight is 289 g/mol. The Bertz CT molecular complexity index is 665. The van der Waals surface area contributed by atoms with Crippen LogP contribution >= 0.6 is 0 Å². The number of hydrogen-bond donors (Lipinski definition) is 0. The maximum Gasteiger partial charge on any atom is 0.0686 e. The van der Waals surface area contributed by atoms with Crippen LogP contribution in [0.1, 0.15) is 49.7 Å². The van der Waals surface area contributed by atoms with Crippen LogP contribution in [0.15, 0.2) is 48.5 Å². The van der Waals surface area contributed by atoms with Crippen molar-refractivity contribution in [2.45, 2.75) is 45.4 Å². The summed E-state index contributed by atoms with van der Waals surface area (Å²) in [5.74, 6) is 0.619. The zero-order valence-electron chi connectivity index (χ0n) is 13.5. The second-order valence-electron chi connectivity index (χ2n) is 6.93. The van der Waals surface area contributed by atoms with Crippen molar-refractivity contribution < 1.29 is 0 Å². The Morgan fingerprint density at radius 1 is 0.909 bits per heavy atom. The Balaban J connectivity index is 1.73. The van der Waals surface area contributed by atoms with Crippen LogP contribution in [-0.2, 0) is 0 Å². The van der Waals surface area contributed by atoms with Crippen molar-refractivity contribution in [3.63, 3.8) is 0 Å². The second kappa shape index (κ2) is 5.97. The molecule has 1 nitrogen and oxygen atoms in total. The Morgan fingerprint density at radius 2 is 1.41 bits per heavy atom. The third kappa shape index (κ3) is 3.07. The number of benzene rings is 2. The van der Waals surface area contributed by atoms with Gasteiger partial charge in [-0.2, -0.15) is 5.26 Å². The Hall–Kier alpha value is -2.07. The molecule has 0 amide bonds. The van der Waals surface area contributed by atoms with Gasteiger partial charge >= 0.3 is 0 Å². The normalized spacial score (nSPS) is 24.7. The van der Waals surface area contributed by atoms with E-state index in [9.17, 15) is 5.26 Å². The van der Waals surface area contributed by atoms with Crippen molar-refractivity contribution in [1.29, 1.82) is 5.26 Å². The fourth-order valence-corrected chi connectivity index (χ4v) is 3.39. The standard InChI is InChI=1S/C21H23N/c1-16-3-5-17(6-4-16)18-7-9-19(10-8-18)20-11-13-21(2,15-22)14-12-20/h3-10,20H,11-14H2,1-2H3/t20-,21+. The molecule has 0 heterocycles. The summed E-state index contributed by atoms with van der Waals surface area (Å²) in [6.07, 6.45) is 4.31. The largest absolute Gasteiger partial charge is 0.198 e. The molecule has 2 aromatic carbocycles. The van der Waals surface area contributed by atoms with Gasteiger partial charge in [0.15, 0.2) is 0 Å². The molecule has 1 fully saturated rings. The number of nitriles is 1. The van der Waals surface area contributed by atoms with Crippen LogP contribution in [0.2, 0.25) is 0 Å². The zero-order chi connectivity index (χ0) is 15.6. The molecular weight excluding hydrogens is 266 g/mol. The summed E-state index contributed by atoms with van der Waals surface area (Å²) < 4.78 is 0. The molecule has 0 radical (unpaired) electrons. The monoisotopic (exact) mass is 289 g/mol. The highest BCUT2D eigenvalue weighted by Crippen LogP contribution is 2.42. The van der Waals surface area contributed by atoms with Gasteiger partial charge in [0.05, 0.1) is 11.5 Å². The first-order valence-corrected chi connectivity index (χ1v) is 8.18. The van der Waals surface area contributed by atoms with E-state index in [1.807, 2.05) is 0 Å². The van der Waals surface area contributed by atoms with E-state index in [4.69, 9.17) is 0 Å². The third-order valence-corrected chi connectivity index (χ3v) is 5.13. The van der Waals surface area contributed by atoms with Gasteiger partial charge in [0.1, 0.15) is 0 Å². The third-order valence-electron chi connectivity index (χ3n) is 5.13. The minimum atomic E-state index is -0.0989. The molecular formula is C21H23N. The van der Waals surface area contributed by atoms with Crippen molar-refractivity contribution in [2.75, 3.05) is 0 Å². The first-order chi connectivity index (χ1) is 10.6. The highest BCUT2D eigenvalue weighted by atomic mass is 14.4. The van der Waals surface area contributed by atoms with Crippen LogP contribution in [0.5, 0.6) is 0 Å². The van der Waals surface area contributed by atoms with E-state index in [0.717, 1.165) is 25.7 Å². The van der Waals surface area contributed by atoms with Crippen molar-refractivity contribution in [1.82, 2.24) is 0 Å². The lowest BCUT2D eigenvalue weighted by atomic mass is 9.71. The molecule has 22 heavy (non-hydrogen) atoms. The molecule has 0 atom stereocenters. The summed E-state index contributed by atoms with van der Waals surface area (Å²) in [6.45, 7) is 4.22. The molecule has 3 rings (SSSR count). The van der Waals surface area contributed by atoms with Gasteiger partial charge in [0.2, 0.25) is 0 Å². The van der Waals surface area contributed by atoms with Crippen LogP contribution in [0, 0.1) is 23.7 Å². The highest BCUT2D eigenvalue weighted by molar-refractivity contribution is 5.64. The molecule has 0 spiro atoms. The molecule has 1 heteroatoms. The van der Waals surface area contributed by atoms with Crippen molar-refractivity contribution in [2.24, 2.45) is 5.41 Å². The van der Waals surface area contributed by atoms with Crippen molar-refractivity contribution in [3.8, 4) is 17.2 Å². The summed E-state index contributed by atoms with van der Waals surface area (Å²) in [7, 11) is 0. The summed E-state index contributed by atoms with van der Waals surface area (Å²) in [6, 6.07) is 20.2. The molecule has 112 valence electrons. The number of rotatable bonds is 2. The van der Waals surface area contributed by atoms with E-state index >= 15 is 0 Å². The van der Waals surface area contributed by atoms with Crippen LogP contribution in [0.3, 0.4) is 0 Å². The fourth-order valence-electron chi connectivity index (χ4n) is 3.39. The van der Waals surface area contributed by atoms with Crippen LogP contribution < -0.4 is 0 Å². The second-order valence-corrected chi connectivity index (χ2v) is 6.93. The summed E-state index contributed by atoms with van der Waals surface area (Å²) in [4.78, 5) is 0. The quantitative estimate of drug-likeness (QED) is 0.680. The highest BCUT2D eigenvalue weighted by Gasteiger charge is 2.31. The summed E-state index contributed by atoms with van der Waals surface area (Å²) in [5, 5.41) is 9.24. The molecule has 0 aliphatic heterocycles. The lowest BCUT2D eigenvalue weighted by Crippen LogP contribution is -2.21. The molecule has 0 unspecified atom stereocenters. The van der Waals surface area contributed by atoms with E-state index in [1.165, 1.54) is 22.3 Å². The van der Waals surface area contributed by atoms with Crippen LogP contribution in [0.25, 0.3) is 11.1 Å². The van der Waals surface area contributed by atoms with Gasteiger partial charge in [0.25, 0.3) is 0 Å². The SMILES string of the molecule is Cc1ccc(-c2ccc([C@H]3CC[C@@](C)(C#N)CC3)cc2)cc1. The van der Waals surface area contributed by atoms with Gasteiger partial charge in [-0.05, 0) is 62.1 Å². The molecule has 0 aromatic heterocycles. The first kappa shape index (κ1) is 14.9. The Morgan fingerprint density at radius 3 is 1.91 bits per heavy atom. The van der Waals surface area contributed by atoms with Crippen LogP contribution in [-0.4, -0.2) is 0 Å². The maximum absolute atomic E-state index is 9.24. The Labute approximate surface area is 133 Å². The minimum absolute atomic E-state index is 0.0989. The number of nitrogens with zero attached hydrogens (tertiary/aromatic N) is 1. The molecule has 1 aliphatic rings. The average Bonchev–Trinajstić information content (AvgIpc) is 2.57. The Kier molecular flexibility index (Phi) is 4.03. The number of hydrogen-bond acceptors (Lipinski definition) is 1. The van der Waals surface area contributed by atoms with Gasteiger partial charge in [0, 0.05) is 0 Å². The van der Waals surface area contributed by atoms with E-state index in [1.54, 1.807) is 0 Å². The van der Waals surface area contributed by atoms with Gasteiger partial charge in [-0.25, -0.2) is 0 Å². The van der Waals surface area contributed by atoms with Crippen molar-refractivity contribution >= 4 is 0 Å². The number of aryl methyl sites for hydroxylation is 1. The molecule has 1 aliphatic carbocycles. The maximum atomic E-state index is 9.24. The predicted octanol–water partition coefficient (Wildman–Crippen LogP) is 5.85. The predicted molar refractivity (Wildman–Crippen MR) is 91.5 cm³/mol. The van der Waals surface area contributed by atoms with Crippen LogP contribution in [0.4, 0.5) is 0 Å². The summed E-state index contributed by atoms with van der Waals surface area (Å²) >= 11 is 0. The lowest BCUT2D eigenvalue weighted by Gasteiger charge is -2.32. The smallest absolute Gasteiger partial charge is 0.0686 e. The van der Waals surface area contributed by atoms with Gasteiger partial charge in [-0.15, -0.1) is 0 Å². The van der Waals surface area contributed by atoms with E-state index in [2.05, 4.69) is 68.4 Å². The topological polar surface area (TPSA) is 23.8 Å². The molecule has 1 saturated carbocycles. The van der Waals surface area contributed by atoms with Gasteiger partial charge in [-0.1, -0.05) is 54.1 Å². The lowest BCUT2D eigenvalue weighted by molar-refractivity contribution is 0.270. The fraction of sp³-hybridized carbons (Fsp3) is 0.381. The summed E-state index contributed by atoms with van der Waals surface area (Å²) in [5.41, 5.74) is 5.18. The molecule has 0 N–H and O–H groups in total. The van der Waals surface area contributed by atoms with E-state index < -0.39 is 0 Å². The van der Waals surface area contributed by atoms with Gasteiger partial charge < -0.3 is 0 Å². The molecule has 0 saturated heterocycles. The van der Waals surface area contributed by atoms with E-state index in [-0.39, 0.29) is 5.41 Å².